The number of hydrogen-bond acceptors (Lipinski definition) is 2. The van der Waals surface area contributed by atoms with Crippen molar-refractivity contribution in [3.63, 3.8) is 0 Å². The van der Waals surface area contributed by atoms with Gasteiger partial charge in [0.25, 0.3) is 0 Å². The van der Waals surface area contributed by atoms with Gasteiger partial charge in [0.15, 0.2) is 0 Å². The van der Waals surface area contributed by atoms with E-state index in [4.69, 9.17) is 9.84 Å². The van der Waals surface area contributed by atoms with E-state index in [9.17, 15) is 4.79 Å². The molecule has 1 N–H and O–H groups in total. The van der Waals surface area contributed by atoms with Gasteiger partial charge in [-0.2, -0.15) is 0 Å². The maximum atomic E-state index is 10.7. The summed E-state index contributed by atoms with van der Waals surface area (Å²) in [6.45, 7) is 1.73. The predicted molar refractivity (Wildman–Crippen MR) is 52.4 cm³/mol. The highest BCUT2D eigenvalue weighted by Gasteiger charge is 2.10. The minimum atomic E-state index is -0.930. The van der Waals surface area contributed by atoms with Gasteiger partial charge in [-0.15, -0.1) is 0 Å². The maximum Gasteiger partial charge on any atom is 0.335 e. The molecular formula is C9H9BrO3. The summed E-state index contributed by atoms with van der Waals surface area (Å²) in [4.78, 5) is 10.7. The number of carboxylic acid groups (broad SMARTS) is 1. The van der Waals surface area contributed by atoms with E-state index in [2.05, 4.69) is 15.9 Å². The first kappa shape index (κ1) is 10.1. The Balaban J connectivity index is 3.28. The van der Waals surface area contributed by atoms with Crippen LogP contribution in [0.25, 0.3) is 0 Å². The number of benzene rings is 1. The van der Waals surface area contributed by atoms with Crippen molar-refractivity contribution in [2.24, 2.45) is 0 Å². The van der Waals surface area contributed by atoms with Crippen molar-refractivity contribution in [3.8, 4) is 5.75 Å². The summed E-state index contributed by atoms with van der Waals surface area (Å²) in [5.74, 6) is -0.289. The van der Waals surface area contributed by atoms with Gasteiger partial charge < -0.3 is 9.84 Å². The average molecular weight is 245 g/mol. The standard InChI is InChI=1S/C9H9BrO3/c1-5-3-8(13-2)7(10)4-6(5)9(11)12/h3-4H,1-2H3,(H,11,12). The monoisotopic (exact) mass is 244 g/mol. The van der Waals surface area contributed by atoms with Crippen LogP contribution in [0.2, 0.25) is 0 Å². The molecule has 1 rings (SSSR count). The highest BCUT2D eigenvalue weighted by molar-refractivity contribution is 9.10. The molecule has 0 bridgehead atoms. The summed E-state index contributed by atoms with van der Waals surface area (Å²) in [5.41, 5.74) is 0.972. The number of hydrogen-bond donors (Lipinski definition) is 1. The van der Waals surface area contributed by atoms with E-state index in [1.54, 1.807) is 20.1 Å². The van der Waals surface area contributed by atoms with E-state index in [0.29, 0.717) is 15.8 Å². The molecule has 0 aliphatic rings. The highest BCUT2D eigenvalue weighted by atomic mass is 79.9. The quantitative estimate of drug-likeness (QED) is 0.870. The van der Waals surface area contributed by atoms with Crippen LogP contribution in [-0.4, -0.2) is 18.2 Å². The summed E-state index contributed by atoms with van der Waals surface area (Å²) < 4.78 is 5.67. The van der Waals surface area contributed by atoms with Gasteiger partial charge in [-0.05, 0) is 40.5 Å². The van der Waals surface area contributed by atoms with E-state index >= 15 is 0 Å². The number of methoxy groups -OCH3 is 1. The zero-order chi connectivity index (χ0) is 10.0. The fraction of sp³-hybridized carbons (Fsp3) is 0.222. The molecule has 0 aromatic heterocycles. The van der Waals surface area contributed by atoms with Crippen molar-refractivity contribution in [2.45, 2.75) is 6.92 Å². The van der Waals surface area contributed by atoms with Gasteiger partial charge in [0, 0.05) is 0 Å². The van der Waals surface area contributed by atoms with E-state index in [0.717, 1.165) is 0 Å². The summed E-state index contributed by atoms with van der Waals surface area (Å²) in [7, 11) is 1.54. The Hall–Kier alpha value is -1.03. The molecule has 0 saturated heterocycles. The lowest BCUT2D eigenvalue weighted by molar-refractivity contribution is 0.0696. The van der Waals surface area contributed by atoms with Gasteiger partial charge >= 0.3 is 5.97 Å². The summed E-state index contributed by atoms with van der Waals surface area (Å²) in [6, 6.07) is 3.23. The molecule has 0 aliphatic heterocycles. The van der Waals surface area contributed by atoms with Gasteiger partial charge in [0.2, 0.25) is 0 Å². The molecule has 13 heavy (non-hydrogen) atoms. The van der Waals surface area contributed by atoms with Crippen molar-refractivity contribution in [1.82, 2.24) is 0 Å². The topological polar surface area (TPSA) is 46.5 Å². The zero-order valence-electron chi connectivity index (χ0n) is 7.30. The molecule has 0 spiro atoms. The molecule has 0 amide bonds. The van der Waals surface area contributed by atoms with Gasteiger partial charge in [0.1, 0.15) is 5.75 Å². The van der Waals surface area contributed by atoms with E-state index < -0.39 is 5.97 Å². The largest absolute Gasteiger partial charge is 0.496 e. The van der Waals surface area contributed by atoms with Crippen LogP contribution < -0.4 is 4.74 Å². The normalized spacial score (nSPS) is 9.77. The van der Waals surface area contributed by atoms with E-state index in [-0.39, 0.29) is 5.56 Å². The van der Waals surface area contributed by atoms with Crippen LogP contribution in [0.15, 0.2) is 16.6 Å². The lowest BCUT2D eigenvalue weighted by atomic mass is 10.1. The first-order chi connectivity index (χ1) is 6.06. The number of halogens is 1. The molecule has 4 heteroatoms. The number of carboxylic acids is 1. The SMILES string of the molecule is COc1cc(C)c(C(=O)O)cc1Br. The third kappa shape index (κ3) is 2.01. The number of aryl methyl sites for hydroxylation is 1. The van der Waals surface area contributed by atoms with E-state index in [1.807, 2.05) is 0 Å². The van der Waals surface area contributed by atoms with Crippen molar-refractivity contribution < 1.29 is 14.6 Å². The molecule has 70 valence electrons. The minimum Gasteiger partial charge on any atom is -0.496 e. The molecule has 3 nitrogen and oxygen atoms in total. The van der Waals surface area contributed by atoms with E-state index in [1.165, 1.54) is 6.07 Å². The molecule has 0 radical (unpaired) electrons. The zero-order valence-corrected chi connectivity index (χ0v) is 8.88. The fourth-order valence-corrected chi connectivity index (χ4v) is 1.55. The molecule has 0 heterocycles. The molecule has 0 aliphatic carbocycles. The second-order valence-electron chi connectivity index (χ2n) is 2.61. The Morgan fingerprint density at radius 3 is 2.62 bits per heavy atom. The first-order valence-electron chi connectivity index (χ1n) is 3.63. The second kappa shape index (κ2) is 3.79. The Bertz CT molecular complexity index is 347. The molecule has 1 aromatic rings. The van der Waals surface area contributed by atoms with Crippen molar-refractivity contribution in [1.29, 1.82) is 0 Å². The number of carbonyl (C=O) groups is 1. The molecule has 0 saturated carbocycles. The maximum absolute atomic E-state index is 10.7. The minimum absolute atomic E-state index is 0.285. The molecular weight excluding hydrogens is 236 g/mol. The summed E-state index contributed by atoms with van der Waals surface area (Å²) >= 11 is 3.22. The van der Waals surface area contributed by atoms with Crippen LogP contribution in [0, 0.1) is 6.92 Å². The smallest absolute Gasteiger partial charge is 0.335 e. The van der Waals surface area contributed by atoms with Crippen LogP contribution >= 0.6 is 15.9 Å². The van der Waals surface area contributed by atoms with Crippen molar-refractivity contribution >= 4 is 21.9 Å². The fourth-order valence-electron chi connectivity index (χ4n) is 1.04. The average Bonchev–Trinajstić information content (AvgIpc) is 2.07. The Morgan fingerprint density at radius 2 is 2.15 bits per heavy atom. The van der Waals surface area contributed by atoms with Crippen LogP contribution in [-0.2, 0) is 0 Å². The lowest BCUT2D eigenvalue weighted by Crippen LogP contribution is -2.00. The molecule has 0 fully saturated rings. The second-order valence-corrected chi connectivity index (χ2v) is 3.46. The third-order valence-corrected chi connectivity index (χ3v) is 2.35. The summed E-state index contributed by atoms with van der Waals surface area (Å²) in [6.07, 6.45) is 0. The Morgan fingerprint density at radius 1 is 1.54 bits per heavy atom. The predicted octanol–water partition coefficient (Wildman–Crippen LogP) is 2.46. The van der Waals surface area contributed by atoms with Gasteiger partial charge in [0.05, 0.1) is 17.1 Å². The number of aromatic carboxylic acids is 1. The Kier molecular flexibility index (Phi) is 2.93. The molecule has 0 unspecified atom stereocenters. The van der Waals surface area contributed by atoms with Crippen LogP contribution in [0.5, 0.6) is 5.75 Å². The summed E-state index contributed by atoms with van der Waals surface area (Å²) in [5, 5.41) is 8.79. The number of rotatable bonds is 2. The lowest BCUT2D eigenvalue weighted by Gasteiger charge is -2.06. The van der Waals surface area contributed by atoms with Gasteiger partial charge in [-0.25, -0.2) is 4.79 Å². The van der Waals surface area contributed by atoms with Crippen LogP contribution in [0.1, 0.15) is 15.9 Å². The molecule has 1 aromatic carbocycles. The highest BCUT2D eigenvalue weighted by Crippen LogP contribution is 2.28. The van der Waals surface area contributed by atoms with Crippen LogP contribution in [0.3, 0.4) is 0 Å². The molecule has 0 atom stereocenters. The van der Waals surface area contributed by atoms with Crippen molar-refractivity contribution in [3.05, 3.63) is 27.7 Å². The van der Waals surface area contributed by atoms with Gasteiger partial charge in [-0.1, -0.05) is 0 Å². The number of ether oxygens (including phenoxy) is 1. The van der Waals surface area contributed by atoms with Gasteiger partial charge in [-0.3, -0.25) is 0 Å². The first-order valence-corrected chi connectivity index (χ1v) is 4.43. The third-order valence-electron chi connectivity index (χ3n) is 1.73. The van der Waals surface area contributed by atoms with Crippen molar-refractivity contribution in [2.75, 3.05) is 7.11 Å². The van der Waals surface area contributed by atoms with Crippen LogP contribution in [0.4, 0.5) is 0 Å². The Labute approximate surface area is 84.5 Å².